The zero-order chi connectivity index (χ0) is 18.9. The molecule has 6 nitrogen and oxygen atoms in total. The van der Waals surface area contributed by atoms with Crippen LogP contribution >= 0.6 is 0 Å². The molecule has 1 fully saturated rings. The van der Waals surface area contributed by atoms with Gasteiger partial charge in [-0.05, 0) is 17.2 Å². The van der Waals surface area contributed by atoms with Crippen LogP contribution in [-0.4, -0.2) is 36.7 Å². The Hall–Kier alpha value is -2.77. The Balaban J connectivity index is 1.72. The lowest BCUT2D eigenvalue weighted by atomic mass is 10.1. The fourth-order valence-electron chi connectivity index (χ4n) is 3.46. The van der Waals surface area contributed by atoms with Crippen LogP contribution in [0.3, 0.4) is 0 Å². The maximum atomic E-state index is 13.2. The summed E-state index contributed by atoms with van der Waals surface area (Å²) in [4.78, 5) is 16.8. The van der Waals surface area contributed by atoms with Crippen molar-refractivity contribution in [3.63, 3.8) is 0 Å². The standard InChI is InChI=1S/C20H19N3O3S/c24-20-19(16-6-2-1-3-7-16)23(13-12-22-20)27(25,26)14-17-9-4-8-15-10-5-11-21-18(15)17/h1-11,19H,12-14H2,(H,22,24). The lowest BCUT2D eigenvalue weighted by molar-refractivity contribution is -0.126. The van der Waals surface area contributed by atoms with Gasteiger partial charge < -0.3 is 5.32 Å². The summed E-state index contributed by atoms with van der Waals surface area (Å²) in [5, 5.41) is 3.66. The number of benzene rings is 2. The zero-order valence-corrected chi connectivity index (χ0v) is 15.4. The maximum absolute atomic E-state index is 13.2. The molecule has 138 valence electrons. The van der Waals surface area contributed by atoms with Crippen LogP contribution in [0.4, 0.5) is 0 Å². The zero-order valence-electron chi connectivity index (χ0n) is 14.6. The van der Waals surface area contributed by atoms with E-state index in [0.717, 1.165) is 5.39 Å². The number of piperazine rings is 1. The molecule has 1 N–H and O–H groups in total. The molecule has 1 saturated heterocycles. The first kappa shape index (κ1) is 17.6. The second-order valence-electron chi connectivity index (χ2n) is 6.46. The van der Waals surface area contributed by atoms with Crippen molar-refractivity contribution in [1.29, 1.82) is 0 Å². The van der Waals surface area contributed by atoms with Gasteiger partial charge in [-0.25, -0.2) is 8.42 Å². The third-order valence-electron chi connectivity index (χ3n) is 4.69. The third-order valence-corrected chi connectivity index (χ3v) is 6.48. The number of hydrogen-bond acceptors (Lipinski definition) is 4. The normalized spacial score (nSPS) is 18.4. The first-order chi connectivity index (χ1) is 13.1. The van der Waals surface area contributed by atoms with Gasteiger partial charge in [-0.15, -0.1) is 0 Å². The number of amides is 1. The summed E-state index contributed by atoms with van der Waals surface area (Å²) in [5.74, 6) is -0.495. The highest BCUT2D eigenvalue weighted by Gasteiger charge is 2.38. The molecule has 0 aliphatic carbocycles. The second kappa shape index (κ2) is 7.09. The van der Waals surface area contributed by atoms with Crippen LogP contribution in [0.5, 0.6) is 0 Å². The Labute approximate surface area is 157 Å². The fraction of sp³-hybridized carbons (Fsp3) is 0.200. The predicted molar refractivity (Wildman–Crippen MR) is 103 cm³/mol. The van der Waals surface area contributed by atoms with Crippen LogP contribution in [0.25, 0.3) is 10.9 Å². The lowest BCUT2D eigenvalue weighted by Crippen LogP contribution is -2.52. The number of fused-ring (bicyclic) bond motifs is 1. The Morgan fingerprint density at radius 3 is 2.63 bits per heavy atom. The predicted octanol–water partition coefficient (Wildman–Crippen LogP) is 2.24. The van der Waals surface area contributed by atoms with Gasteiger partial charge in [0.15, 0.2) is 0 Å². The van der Waals surface area contributed by atoms with E-state index in [9.17, 15) is 13.2 Å². The summed E-state index contributed by atoms with van der Waals surface area (Å²) < 4.78 is 27.8. The minimum atomic E-state index is -3.73. The minimum Gasteiger partial charge on any atom is -0.353 e. The Kier molecular flexibility index (Phi) is 4.63. The van der Waals surface area contributed by atoms with Gasteiger partial charge in [0.25, 0.3) is 0 Å². The number of pyridine rings is 1. The molecular formula is C20H19N3O3S. The van der Waals surface area contributed by atoms with Gasteiger partial charge in [-0.1, -0.05) is 54.6 Å². The summed E-state index contributed by atoms with van der Waals surface area (Å²) in [6.07, 6.45) is 1.65. The van der Waals surface area contributed by atoms with E-state index in [2.05, 4.69) is 10.3 Å². The van der Waals surface area contributed by atoms with Crippen molar-refractivity contribution in [2.45, 2.75) is 11.8 Å². The second-order valence-corrected chi connectivity index (χ2v) is 8.38. The first-order valence-corrected chi connectivity index (χ1v) is 10.3. The molecule has 7 heteroatoms. The first-order valence-electron chi connectivity index (χ1n) is 8.71. The number of para-hydroxylation sites is 1. The quantitative estimate of drug-likeness (QED) is 0.752. The average Bonchev–Trinajstić information content (AvgIpc) is 2.68. The maximum Gasteiger partial charge on any atom is 0.243 e. The molecule has 2 aromatic carbocycles. The van der Waals surface area contributed by atoms with Crippen molar-refractivity contribution in [2.75, 3.05) is 13.1 Å². The van der Waals surface area contributed by atoms with Crippen molar-refractivity contribution in [3.05, 3.63) is 78.0 Å². The number of carbonyl (C=O) groups is 1. The van der Waals surface area contributed by atoms with E-state index in [4.69, 9.17) is 0 Å². The van der Waals surface area contributed by atoms with Gasteiger partial charge in [0.05, 0.1) is 11.3 Å². The van der Waals surface area contributed by atoms with Crippen LogP contribution < -0.4 is 5.32 Å². The van der Waals surface area contributed by atoms with E-state index < -0.39 is 16.1 Å². The van der Waals surface area contributed by atoms with E-state index >= 15 is 0 Å². The number of hydrogen-bond donors (Lipinski definition) is 1. The molecule has 0 radical (unpaired) electrons. The van der Waals surface area contributed by atoms with Crippen LogP contribution in [0.15, 0.2) is 66.9 Å². The molecule has 4 rings (SSSR count). The number of sulfonamides is 1. The fourth-order valence-corrected chi connectivity index (χ4v) is 5.16. The molecule has 0 spiro atoms. The smallest absolute Gasteiger partial charge is 0.243 e. The van der Waals surface area contributed by atoms with Gasteiger partial charge in [0, 0.05) is 24.7 Å². The molecule has 1 amide bonds. The van der Waals surface area contributed by atoms with Crippen molar-refractivity contribution >= 4 is 26.8 Å². The van der Waals surface area contributed by atoms with Crippen molar-refractivity contribution in [1.82, 2.24) is 14.6 Å². The Bertz CT molecular complexity index is 1080. The summed E-state index contributed by atoms with van der Waals surface area (Å²) >= 11 is 0. The minimum absolute atomic E-state index is 0.196. The van der Waals surface area contributed by atoms with Gasteiger partial charge >= 0.3 is 0 Å². The Morgan fingerprint density at radius 2 is 1.81 bits per heavy atom. The monoisotopic (exact) mass is 381 g/mol. The van der Waals surface area contributed by atoms with Crippen LogP contribution in [0.2, 0.25) is 0 Å². The molecule has 3 aromatic rings. The van der Waals surface area contributed by atoms with Gasteiger partial charge in [0.1, 0.15) is 6.04 Å². The molecule has 27 heavy (non-hydrogen) atoms. The molecule has 2 heterocycles. The third kappa shape index (κ3) is 3.43. The van der Waals surface area contributed by atoms with Crippen molar-refractivity contribution < 1.29 is 13.2 Å². The van der Waals surface area contributed by atoms with E-state index in [0.29, 0.717) is 23.2 Å². The van der Waals surface area contributed by atoms with Crippen LogP contribution in [0.1, 0.15) is 17.2 Å². The molecule has 1 unspecified atom stereocenters. The van der Waals surface area contributed by atoms with Crippen LogP contribution in [-0.2, 0) is 20.6 Å². The molecule has 0 saturated carbocycles. The summed E-state index contributed by atoms with van der Waals surface area (Å²) in [5.41, 5.74) is 1.96. The van der Waals surface area contributed by atoms with Gasteiger partial charge in [0.2, 0.25) is 15.9 Å². The number of nitrogens with zero attached hydrogens (tertiary/aromatic N) is 2. The number of aromatic nitrogens is 1. The average molecular weight is 381 g/mol. The van der Waals surface area contributed by atoms with Crippen LogP contribution in [0, 0.1) is 0 Å². The topological polar surface area (TPSA) is 79.4 Å². The van der Waals surface area contributed by atoms with E-state index in [1.54, 1.807) is 36.5 Å². The molecule has 1 aliphatic rings. The highest BCUT2D eigenvalue weighted by Crippen LogP contribution is 2.29. The molecule has 1 atom stereocenters. The SMILES string of the molecule is O=C1NCCN(S(=O)(=O)Cc2cccc3cccnc23)C1c1ccccc1. The number of rotatable bonds is 4. The van der Waals surface area contributed by atoms with Crippen molar-refractivity contribution in [2.24, 2.45) is 0 Å². The largest absolute Gasteiger partial charge is 0.353 e. The van der Waals surface area contributed by atoms with Gasteiger partial charge in [-0.2, -0.15) is 4.31 Å². The molecule has 1 aromatic heterocycles. The highest BCUT2D eigenvalue weighted by molar-refractivity contribution is 7.88. The summed E-state index contributed by atoms with van der Waals surface area (Å²) in [6, 6.07) is 17.4. The van der Waals surface area contributed by atoms with E-state index in [1.807, 2.05) is 30.3 Å². The summed E-state index contributed by atoms with van der Waals surface area (Å²) in [6.45, 7) is 0.543. The number of nitrogens with one attached hydrogen (secondary N) is 1. The molecule has 0 bridgehead atoms. The van der Waals surface area contributed by atoms with Crippen molar-refractivity contribution in [3.8, 4) is 0 Å². The number of carbonyl (C=O) groups excluding carboxylic acids is 1. The van der Waals surface area contributed by atoms with E-state index in [1.165, 1.54) is 4.31 Å². The summed E-state index contributed by atoms with van der Waals surface area (Å²) in [7, 11) is -3.73. The van der Waals surface area contributed by atoms with Gasteiger partial charge in [-0.3, -0.25) is 9.78 Å². The Morgan fingerprint density at radius 1 is 1.04 bits per heavy atom. The molecule has 1 aliphatic heterocycles. The highest BCUT2D eigenvalue weighted by atomic mass is 32.2. The lowest BCUT2D eigenvalue weighted by Gasteiger charge is -2.34. The molecular weight excluding hydrogens is 362 g/mol. The van der Waals surface area contributed by atoms with E-state index in [-0.39, 0.29) is 18.2 Å².